The molecule has 5 N–H and O–H groups in total. The number of rotatable bonds is 7. The third kappa shape index (κ3) is 5.20. The number of halogens is 2. The molecule has 3 rings (SSSR count). The van der Waals surface area contributed by atoms with Crippen LogP contribution < -0.4 is 16.4 Å². The van der Waals surface area contributed by atoms with E-state index in [1.165, 1.54) is 18.5 Å². The number of imidazole rings is 1. The second-order valence-corrected chi connectivity index (χ2v) is 7.72. The summed E-state index contributed by atoms with van der Waals surface area (Å²) in [4.78, 5) is 40.8. The summed E-state index contributed by atoms with van der Waals surface area (Å²) >= 11 is 5.97. The SMILES string of the molecule is NC(=O)c1c(C(=O)NCCO)ncn1C1CCC(C(=O)Nc2ccc(F)cc2Cl)CC1. The Labute approximate surface area is 182 Å². The highest BCUT2D eigenvalue weighted by atomic mass is 35.5. The summed E-state index contributed by atoms with van der Waals surface area (Å²) in [5.74, 6) is -2.34. The van der Waals surface area contributed by atoms with Gasteiger partial charge in [0.05, 0.1) is 23.6 Å². The van der Waals surface area contributed by atoms with Crippen molar-refractivity contribution in [2.24, 2.45) is 11.7 Å². The van der Waals surface area contributed by atoms with E-state index in [0.717, 1.165) is 6.07 Å². The van der Waals surface area contributed by atoms with Crippen molar-refractivity contribution in [1.82, 2.24) is 14.9 Å². The van der Waals surface area contributed by atoms with Gasteiger partial charge in [-0.2, -0.15) is 0 Å². The summed E-state index contributed by atoms with van der Waals surface area (Å²) in [7, 11) is 0. The highest BCUT2D eigenvalue weighted by Gasteiger charge is 2.31. The Balaban J connectivity index is 1.66. The number of aliphatic hydroxyl groups excluding tert-OH is 1. The molecule has 1 heterocycles. The maximum atomic E-state index is 13.2. The van der Waals surface area contributed by atoms with Gasteiger partial charge in [-0.15, -0.1) is 0 Å². The van der Waals surface area contributed by atoms with Crippen molar-refractivity contribution in [2.45, 2.75) is 31.7 Å². The number of benzene rings is 1. The number of aliphatic hydroxyl groups is 1. The van der Waals surface area contributed by atoms with Gasteiger partial charge in [-0.25, -0.2) is 9.37 Å². The van der Waals surface area contributed by atoms with Gasteiger partial charge in [0.1, 0.15) is 11.5 Å². The van der Waals surface area contributed by atoms with Crippen molar-refractivity contribution in [3.05, 3.63) is 46.8 Å². The highest BCUT2D eigenvalue weighted by molar-refractivity contribution is 6.33. The Bertz CT molecular complexity index is 988. The first-order chi connectivity index (χ1) is 14.8. The predicted molar refractivity (Wildman–Crippen MR) is 111 cm³/mol. The van der Waals surface area contributed by atoms with Crippen LogP contribution in [0.2, 0.25) is 5.02 Å². The molecule has 11 heteroatoms. The first-order valence-corrected chi connectivity index (χ1v) is 10.2. The summed E-state index contributed by atoms with van der Waals surface area (Å²) in [5.41, 5.74) is 5.74. The molecule has 3 amide bonds. The van der Waals surface area contributed by atoms with Crippen LogP contribution in [0.25, 0.3) is 0 Å². The van der Waals surface area contributed by atoms with E-state index < -0.39 is 17.6 Å². The second kappa shape index (κ2) is 9.88. The van der Waals surface area contributed by atoms with Crippen LogP contribution in [-0.4, -0.2) is 45.5 Å². The number of hydrogen-bond donors (Lipinski definition) is 4. The van der Waals surface area contributed by atoms with Crippen molar-refractivity contribution in [3.8, 4) is 0 Å². The maximum absolute atomic E-state index is 13.2. The average Bonchev–Trinajstić information content (AvgIpc) is 3.19. The Hall–Kier alpha value is -2.98. The van der Waals surface area contributed by atoms with Gasteiger partial charge in [0, 0.05) is 18.5 Å². The molecule has 0 bridgehead atoms. The number of hydrogen-bond acceptors (Lipinski definition) is 5. The van der Waals surface area contributed by atoms with Gasteiger partial charge >= 0.3 is 0 Å². The van der Waals surface area contributed by atoms with E-state index in [4.69, 9.17) is 22.4 Å². The van der Waals surface area contributed by atoms with Crippen LogP contribution in [0.15, 0.2) is 24.5 Å². The average molecular weight is 452 g/mol. The van der Waals surface area contributed by atoms with Gasteiger partial charge in [0.2, 0.25) is 5.91 Å². The van der Waals surface area contributed by atoms with Gasteiger partial charge in [-0.1, -0.05) is 11.6 Å². The molecular formula is C20H23ClFN5O4. The van der Waals surface area contributed by atoms with Gasteiger partial charge in [-0.3, -0.25) is 14.4 Å². The number of aromatic nitrogens is 2. The lowest BCUT2D eigenvalue weighted by Gasteiger charge is -2.29. The van der Waals surface area contributed by atoms with Crippen molar-refractivity contribution in [3.63, 3.8) is 0 Å². The highest BCUT2D eigenvalue weighted by Crippen LogP contribution is 2.34. The van der Waals surface area contributed by atoms with Crippen LogP contribution in [0.4, 0.5) is 10.1 Å². The molecule has 31 heavy (non-hydrogen) atoms. The Morgan fingerprint density at radius 2 is 1.97 bits per heavy atom. The lowest BCUT2D eigenvalue weighted by Crippen LogP contribution is -2.32. The van der Waals surface area contributed by atoms with E-state index in [2.05, 4.69) is 15.6 Å². The van der Waals surface area contributed by atoms with Crippen LogP contribution >= 0.6 is 11.6 Å². The largest absolute Gasteiger partial charge is 0.395 e. The Morgan fingerprint density at radius 1 is 1.26 bits per heavy atom. The third-order valence-electron chi connectivity index (χ3n) is 5.29. The molecule has 9 nitrogen and oxygen atoms in total. The van der Waals surface area contributed by atoms with E-state index in [0.29, 0.717) is 31.4 Å². The molecule has 1 aromatic heterocycles. The van der Waals surface area contributed by atoms with Crippen LogP contribution in [-0.2, 0) is 4.79 Å². The maximum Gasteiger partial charge on any atom is 0.272 e. The molecule has 1 aromatic carbocycles. The van der Waals surface area contributed by atoms with Crippen LogP contribution in [0, 0.1) is 11.7 Å². The number of nitrogens with two attached hydrogens (primary N) is 1. The van der Waals surface area contributed by atoms with Crippen LogP contribution in [0.3, 0.4) is 0 Å². The first-order valence-electron chi connectivity index (χ1n) is 9.83. The number of nitrogens with zero attached hydrogens (tertiary/aromatic N) is 2. The van der Waals surface area contributed by atoms with Gasteiger partial charge < -0.3 is 26.0 Å². The molecule has 0 aliphatic heterocycles. The van der Waals surface area contributed by atoms with E-state index >= 15 is 0 Å². The van der Waals surface area contributed by atoms with Gasteiger partial charge in [-0.05, 0) is 43.9 Å². The standard InChI is InChI=1S/C20H23ClFN5O4/c21-14-9-12(22)3-6-15(14)26-19(30)11-1-4-13(5-2-11)27-10-25-16(17(27)18(23)29)20(31)24-7-8-28/h3,6,9-11,13,28H,1-2,4-5,7-8H2,(H2,23,29)(H,24,31)(H,26,30). The van der Waals surface area contributed by atoms with Crippen LogP contribution in [0.1, 0.15) is 52.7 Å². The number of carbonyl (C=O) groups excluding carboxylic acids is 3. The predicted octanol–water partition coefficient (Wildman–Crippen LogP) is 1.87. The van der Waals surface area contributed by atoms with Crippen LogP contribution in [0.5, 0.6) is 0 Å². The van der Waals surface area contributed by atoms with E-state index in [1.807, 2.05) is 0 Å². The fourth-order valence-corrected chi connectivity index (χ4v) is 3.96. The quantitative estimate of drug-likeness (QED) is 0.508. The number of anilines is 1. The van der Waals surface area contributed by atoms with E-state index in [9.17, 15) is 18.8 Å². The van der Waals surface area contributed by atoms with E-state index in [1.54, 1.807) is 4.57 Å². The van der Waals surface area contributed by atoms with Gasteiger partial charge in [0.25, 0.3) is 11.8 Å². The lowest BCUT2D eigenvalue weighted by molar-refractivity contribution is -0.121. The molecular weight excluding hydrogens is 429 g/mol. The first kappa shape index (κ1) is 22.7. The molecule has 1 aliphatic carbocycles. The smallest absolute Gasteiger partial charge is 0.272 e. The summed E-state index contributed by atoms with van der Waals surface area (Å²) in [6.45, 7) is -0.213. The zero-order chi connectivity index (χ0) is 22.5. The molecule has 0 spiro atoms. The topological polar surface area (TPSA) is 139 Å². The van der Waals surface area contributed by atoms with E-state index in [-0.39, 0.29) is 47.4 Å². The fourth-order valence-electron chi connectivity index (χ4n) is 3.74. The Morgan fingerprint density at radius 3 is 2.58 bits per heavy atom. The molecule has 1 aliphatic rings. The molecule has 0 atom stereocenters. The fraction of sp³-hybridized carbons (Fsp3) is 0.400. The summed E-state index contributed by atoms with van der Waals surface area (Å²) in [6, 6.07) is 3.62. The minimum Gasteiger partial charge on any atom is -0.395 e. The molecule has 2 aromatic rings. The zero-order valence-electron chi connectivity index (χ0n) is 16.6. The van der Waals surface area contributed by atoms with Crippen molar-refractivity contribution in [2.75, 3.05) is 18.5 Å². The summed E-state index contributed by atoms with van der Waals surface area (Å²) < 4.78 is 14.8. The Kier molecular flexibility index (Phi) is 7.24. The minimum atomic E-state index is -0.780. The number of amides is 3. The summed E-state index contributed by atoms with van der Waals surface area (Å²) in [5, 5.41) is 14.2. The number of primary amides is 1. The lowest BCUT2D eigenvalue weighted by atomic mass is 9.85. The van der Waals surface area contributed by atoms with Gasteiger partial charge in [0.15, 0.2) is 5.69 Å². The number of carbonyl (C=O) groups is 3. The van der Waals surface area contributed by atoms with Crippen molar-refractivity contribution < 1.29 is 23.9 Å². The zero-order valence-corrected chi connectivity index (χ0v) is 17.4. The minimum absolute atomic E-state index is 0.00133. The molecule has 0 unspecified atom stereocenters. The normalized spacial score (nSPS) is 18.4. The number of nitrogens with one attached hydrogen (secondary N) is 2. The second-order valence-electron chi connectivity index (χ2n) is 7.31. The van der Waals surface area contributed by atoms with Crippen molar-refractivity contribution >= 4 is 35.0 Å². The molecule has 0 saturated heterocycles. The summed E-state index contributed by atoms with van der Waals surface area (Å²) in [6.07, 6.45) is 3.62. The monoisotopic (exact) mass is 451 g/mol. The van der Waals surface area contributed by atoms with Crippen molar-refractivity contribution in [1.29, 1.82) is 0 Å². The molecule has 1 fully saturated rings. The molecule has 1 saturated carbocycles. The molecule has 0 radical (unpaired) electrons. The molecule has 166 valence electrons. The third-order valence-corrected chi connectivity index (χ3v) is 5.60.